The van der Waals surface area contributed by atoms with Gasteiger partial charge in [-0.15, -0.1) is 0 Å². The number of piperazine rings is 1. The third kappa shape index (κ3) is 8.45. The van der Waals surface area contributed by atoms with Gasteiger partial charge in [0.25, 0.3) is 0 Å². The van der Waals surface area contributed by atoms with Crippen LogP contribution in [0, 0.1) is 11.8 Å². The Balaban J connectivity index is 1.14. The summed E-state index contributed by atoms with van der Waals surface area (Å²) in [6.07, 6.45) is 5.20. The molecule has 3 heterocycles. The Labute approximate surface area is 298 Å². The number of hydrogen-bond donors (Lipinski definition) is 1. The summed E-state index contributed by atoms with van der Waals surface area (Å²) in [5.74, 6) is 1.19. The molecule has 7 heteroatoms. The zero-order valence-electron chi connectivity index (χ0n) is 29.8. The van der Waals surface area contributed by atoms with Crippen molar-refractivity contribution in [1.29, 1.82) is 0 Å². The molecule has 0 aliphatic carbocycles. The molecule has 0 saturated carbocycles. The topological polar surface area (TPSA) is 59.1 Å². The van der Waals surface area contributed by atoms with Gasteiger partial charge >= 0.3 is 0 Å². The molecule has 7 rings (SSSR count). The summed E-state index contributed by atoms with van der Waals surface area (Å²) in [7, 11) is 4.42. The Kier molecular flexibility index (Phi) is 10.9. The molecule has 3 saturated heterocycles. The number of likely N-dealkylation sites (tertiary alicyclic amines) is 2. The van der Waals surface area contributed by atoms with Gasteiger partial charge in [-0.25, -0.2) is 0 Å². The van der Waals surface area contributed by atoms with Crippen LogP contribution in [0.5, 0.6) is 0 Å². The maximum absolute atomic E-state index is 14.6. The van der Waals surface area contributed by atoms with E-state index in [1.807, 2.05) is 23.1 Å². The van der Waals surface area contributed by atoms with Crippen LogP contribution < -0.4 is 5.32 Å². The molecule has 4 aromatic rings. The van der Waals surface area contributed by atoms with E-state index in [1.165, 1.54) is 36.6 Å². The first-order valence-electron chi connectivity index (χ1n) is 18.7. The number of rotatable bonds is 11. The molecular formula is C43H53N5O2. The van der Waals surface area contributed by atoms with Crippen LogP contribution in [0.3, 0.4) is 0 Å². The van der Waals surface area contributed by atoms with Crippen LogP contribution in [0.2, 0.25) is 0 Å². The number of carbonyl (C=O) groups is 2. The van der Waals surface area contributed by atoms with Crippen molar-refractivity contribution >= 4 is 22.6 Å². The minimum atomic E-state index is -0.597. The quantitative estimate of drug-likeness (QED) is 0.214. The molecule has 3 aliphatic heterocycles. The van der Waals surface area contributed by atoms with Crippen LogP contribution in [0.15, 0.2) is 97.1 Å². The minimum absolute atomic E-state index is 0.00780. The lowest BCUT2D eigenvalue weighted by Crippen LogP contribution is -2.66. The monoisotopic (exact) mass is 671 g/mol. The number of nitrogens with zero attached hydrogens (tertiary/aromatic N) is 4. The molecule has 1 N–H and O–H groups in total. The van der Waals surface area contributed by atoms with Crippen molar-refractivity contribution in [2.45, 2.75) is 50.7 Å². The highest BCUT2D eigenvalue weighted by Crippen LogP contribution is 2.26. The standard InChI is InChI=1S/C43H53N5O2/c1-45-22-18-33(19-23-45)28-47(29-34-20-24-46(2)25-21-34)31-41-42(49)44-40(27-35-14-17-37-10-6-7-11-39(37)26-35)43(50)48(41)30-32-12-15-38(16-13-32)36-8-4-3-5-9-36/h3-17,26,33-34,40-41H,18-25,27-31H2,1-2H3,(H,44,49)/t40-,41-/m0/s1. The minimum Gasteiger partial charge on any atom is -0.342 e. The zero-order valence-corrected chi connectivity index (χ0v) is 29.8. The molecule has 0 unspecified atom stereocenters. The van der Waals surface area contributed by atoms with E-state index in [1.54, 1.807) is 0 Å². The molecule has 0 spiro atoms. The number of carbonyl (C=O) groups excluding carboxylic acids is 2. The third-order valence-electron chi connectivity index (χ3n) is 11.4. The third-order valence-corrected chi connectivity index (χ3v) is 11.4. The van der Waals surface area contributed by atoms with Gasteiger partial charge in [0.05, 0.1) is 0 Å². The summed E-state index contributed by atoms with van der Waals surface area (Å²) >= 11 is 0. The molecule has 50 heavy (non-hydrogen) atoms. The summed E-state index contributed by atoms with van der Waals surface area (Å²) in [6.45, 7) is 7.44. The largest absolute Gasteiger partial charge is 0.342 e. The lowest BCUT2D eigenvalue weighted by atomic mass is 9.92. The highest BCUT2D eigenvalue weighted by Gasteiger charge is 2.42. The fraction of sp³-hybridized carbons (Fsp3) is 0.442. The number of fused-ring (bicyclic) bond motifs is 1. The Morgan fingerprint density at radius 1 is 0.640 bits per heavy atom. The summed E-state index contributed by atoms with van der Waals surface area (Å²) in [6, 6.07) is 32.4. The Morgan fingerprint density at radius 2 is 1.20 bits per heavy atom. The van der Waals surface area contributed by atoms with Gasteiger partial charge in [0.2, 0.25) is 11.8 Å². The van der Waals surface area contributed by atoms with Crippen molar-refractivity contribution in [2.24, 2.45) is 11.8 Å². The normalized spacial score (nSPS) is 21.6. The van der Waals surface area contributed by atoms with E-state index in [0.717, 1.165) is 61.3 Å². The fourth-order valence-corrected chi connectivity index (χ4v) is 8.25. The van der Waals surface area contributed by atoms with Crippen molar-refractivity contribution in [1.82, 2.24) is 24.9 Å². The van der Waals surface area contributed by atoms with Crippen molar-refractivity contribution < 1.29 is 9.59 Å². The SMILES string of the molecule is CN1CCC(CN(CC2CCN(C)CC2)C[C@H]2C(=O)N[C@@H](Cc3ccc4ccccc4c3)C(=O)N2Cc2ccc(-c3ccccc3)cc2)CC1. The maximum Gasteiger partial charge on any atom is 0.246 e. The fourth-order valence-electron chi connectivity index (χ4n) is 8.25. The molecule has 0 radical (unpaired) electrons. The predicted octanol–water partition coefficient (Wildman–Crippen LogP) is 5.93. The summed E-state index contributed by atoms with van der Waals surface area (Å²) in [5, 5.41) is 5.53. The van der Waals surface area contributed by atoms with Crippen molar-refractivity contribution in [3.05, 3.63) is 108 Å². The van der Waals surface area contributed by atoms with E-state index in [4.69, 9.17) is 0 Å². The first kappa shape index (κ1) is 34.4. The Hall–Kier alpha value is -4.04. The molecule has 0 bridgehead atoms. The predicted molar refractivity (Wildman–Crippen MR) is 203 cm³/mol. The van der Waals surface area contributed by atoms with Gasteiger partial charge in [0, 0.05) is 32.6 Å². The molecule has 2 amide bonds. The van der Waals surface area contributed by atoms with E-state index in [-0.39, 0.29) is 11.8 Å². The van der Waals surface area contributed by atoms with E-state index < -0.39 is 12.1 Å². The molecule has 4 aromatic carbocycles. The average molecular weight is 672 g/mol. The highest BCUT2D eigenvalue weighted by molar-refractivity contribution is 5.97. The second-order valence-electron chi connectivity index (χ2n) is 15.2. The number of amides is 2. The van der Waals surface area contributed by atoms with Crippen LogP contribution in [-0.2, 0) is 22.6 Å². The molecule has 2 atom stereocenters. The van der Waals surface area contributed by atoms with Gasteiger partial charge in [-0.1, -0.05) is 97.1 Å². The second kappa shape index (κ2) is 15.9. The lowest BCUT2D eigenvalue weighted by Gasteiger charge is -2.43. The summed E-state index contributed by atoms with van der Waals surface area (Å²) in [5.41, 5.74) is 4.41. The Bertz CT molecular complexity index is 1700. The second-order valence-corrected chi connectivity index (χ2v) is 15.2. The van der Waals surface area contributed by atoms with Gasteiger partial charge in [-0.3, -0.25) is 9.59 Å². The number of hydrogen-bond acceptors (Lipinski definition) is 5. The van der Waals surface area contributed by atoms with Gasteiger partial charge in [-0.2, -0.15) is 0 Å². The zero-order chi connectivity index (χ0) is 34.5. The van der Waals surface area contributed by atoms with E-state index in [2.05, 4.69) is 113 Å². The smallest absolute Gasteiger partial charge is 0.246 e. The van der Waals surface area contributed by atoms with Crippen LogP contribution >= 0.6 is 0 Å². The number of piperidine rings is 2. The summed E-state index contributed by atoms with van der Waals surface area (Å²) < 4.78 is 0. The van der Waals surface area contributed by atoms with Crippen molar-refractivity contribution in [3.8, 4) is 11.1 Å². The van der Waals surface area contributed by atoms with Gasteiger partial charge in [0.1, 0.15) is 12.1 Å². The maximum atomic E-state index is 14.6. The number of benzene rings is 4. The van der Waals surface area contributed by atoms with Gasteiger partial charge in [0.15, 0.2) is 0 Å². The van der Waals surface area contributed by atoms with Crippen LogP contribution in [0.1, 0.15) is 36.8 Å². The van der Waals surface area contributed by atoms with E-state index in [0.29, 0.717) is 31.3 Å². The molecule has 3 fully saturated rings. The number of nitrogens with one attached hydrogen (secondary N) is 1. The highest BCUT2D eigenvalue weighted by atomic mass is 16.2. The first-order valence-corrected chi connectivity index (χ1v) is 18.7. The van der Waals surface area contributed by atoms with Gasteiger partial charge in [-0.05, 0) is 111 Å². The van der Waals surface area contributed by atoms with E-state index in [9.17, 15) is 9.59 Å². The Morgan fingerprint density at radius 3 is 1.84 bits per heavy atom. The van der Waals surface area contributed by atoms with Crippen LogP contribution in [0.25, 0.3) is 21.9 Å². The van der Waals surface area contributed by atoms with Gasteiger partial charge < -0.3 is 24.9 Å². The van der Waals surface area contributed by atoms with Crippen LogP contribution in [0.4, 0.5) is 0 Å². The van der Waals surface area contributed by atoms with Crippen LogP contribution in [-0.4, -0.2) is 103 Å². The molecule has 3 aliphatic rings. The molecule has 0 aromatic heterocycles. The summed E-state index contributed by atoms with van der Waals surface area (Å²) in [4.78, 5) is 38.1. The first-order chi connectivity index (χ1) is 24.4. The van der Waals surface area contributed by atoms with E-state index >= 15 is 0 Å². The van der Waals surface area contributed by atoms with Crippen molar-refractivity contribution in [3.63, 3.8) is 0 Å². The molecule has 7 nitrogen and oxygen atoms in total. The van der Waals surface area contributed by atoms with Crippen molar-refractivity contribution in [2.75, 3.05) is 59.9 Å². The lowest BCUT2D eigenvalue weighted by molar-refractivity contribution is -0.151. The average Bonchev–Trinajstić information content (AvgIpc) is 3.14. The molecular weight excluding hydrogens is 619 g/mol. The molecule has 262 valence electrons.